The molecule has 0 radical (unpaired) electrons. The smallest absolute Gasteiger partial charge is 0.206 e. The van der Waals surface area contributed by atoms with Gasteiger partial charge in [0.2, 0.25) is 5.71 Å². The Hall–Kier alpha value is -3.27. The Morgan fingerprint density at radius 2 is 1.78 bits per heavy atom. The number of rotatable bonds is 4. The van der Waals surface area contributed by atoms with Crippen molar-refractivity contribution in [2.45, 2.75) is 13.8 Å². The summed E-state index contributed by atoms with van der Waals surface area (Å²) in [5, 5.41) is 8.14. The van der Waals surface area contributed by atoms with E-state index in [1.165, 1.54) is 0 Å². The van der Waals surface area contributed by atoms with Crippen LogP contribution in [0.1, 0.15) is 19.4 Å². The lowest BCUT2D eigenvalue weighted by Gasteiger charge is -2.14. The fourth-order valence-electron chi connectivity index (χ4n) is 2.97. The molecule has 0 amide bonds. The molecule has 27 heavy (non-hydrogen) atoms. The first-order chi connectivity index (χ1) is 13.0. The zero-order chi connectivity index (χ0) is 19.4. The van der Waals surface area contributed by atoms with Gasteiger partial charge in [0.25, 0.3) is 0 Å². The highest BCUT2D eigenvalue weighted by Gasteiger charge is 2.14. The average molecular weight is 360 g/mol. The van der Waals surface area contributed by atoms with E-state index in [4.69, 9.17) is 21.6 Å². The van der Waals surface area contributed by atoms with Crippen molar-refractivity contribution in [1.82, 2.24) is 0 Å². The van der Waals surface area contributed by atoms with Crippen molar-refractivity contribution in [2.24, 2.45) is 11.7 Å². The maximum atomic E-state index is 6.26. The first kappa shape index (κ1) is 18.5. The molecule has 6 N–H and O–H groups in total. The first-order valence-corrected chi connectivity index (χ1v) is 9.06. The molecule has 0 heterocycles. The summed E-state index contributed by atoms with van der Waals surface area (Å²) in [5.74, 6) is 1.19. The van der Waals surface area contributed by atoms with Gasteiger partial charge in [0.1, 0.15) is 5.76 Å². The van der Waals surface area contributed by atoms with Crippen LogP contribution in [0.2, 0.25) is 0 Å². The van der Waals surface area contributed by atoms with Crippen LogP contribution in [0, 0.1) is 5.92 Å². The fourth-order valence-corrected chi connectivity index (χ4v) is 2.97. The van der Waals surface area contributed by atoms with Gasteiger partial charge in [0.05, 0.1) is 12.2 Å². The molecule has 2 aromatic carbocycles. The van der Waals surface area contributed by atoms with E-state index in [0.29, 0.717) is 29.6 Å². The van der Waals surface area contributed by atoms with Gasteiger partial charge in [-0.15, -0.1) is 0 Å². The van der Waals surface area contributed by atoms with E-state index in [1.807, 2.05) is 60.7 Å². The van der Waals surface area contributed by atoms with Crippen LogP contribution < -0.4 is 27.3 Å². The second kappa shape index (κ2) is 7.96. The summed E-state index contributed by atoms with van der Waals surface area (Å²) in [6.07, 6.45) is 5.56. The summed E-state index contributed by atoms with van der Waals surface area (Å²) < 4.78 is 6.25. The average Bonchev–Trinajstić information content (AvgIpc) is 2.63. The highest BCUT2D eigenvalue weighted by Crippen LogP contribution is 2.14. The number of nitrogen functional groups attached to an aromatic ring is 1. The molecule has 0 aromatic heterocycles. The molecule has 0 atom stereocenters. The molecule has 138 valence electrons. The lowest BCUT2D eigenvalue weighted by Crippen LogP contribution is -2.44. The quantitative estimate of drug-likeness (QED) is 0.707. The minimum absolute atomic E-state index is 0.398. The van der Waals surface area contributed by atoms with Crippen molar-refractivity contribution in [1.29, 1.82) is 0 Å². The summed E-state index contributed by atoms with van der Waals surface area (Å²) >= 11 is 0. The van der Waals surface area contributed by atoms with Crippen LogP contribution >= 0.6 is 0 Å². The molecule has 2 aromatic rings. The number of hydrogen-bond donors (Lipinski definition) is 3. The van der Waals surface area contributed by atoms with Crippen LogP contribution in [-0.4, -0.2) is 12.3 Å². The molecule has 0 saturated heterocycles. The SMILES string of the molecule is CC(C)CO/C(c1ccccc1)=c1/cc(N)cc/c1=C1\C=CC(N)=CC1=[NH2+]. The molecular weight excluding hydrogens is 334 g/mol. The molecule has 1 aliphatic carbocycles. The van der Waals surface area contributed by atoms with Gasteiger partial charge >= 0.3 is 0 Å². The van der Waals surface area contributed by atoms with E-state index in [0.717, 1.165) is 27.3 Å². The summed E-state index contributed by atoms with van der Waals surface area (Å²) in [4.78, 5) is 0. The minimum Gasteiger partial charge on any atom is -0.492 e. The van der Waals surface area contributed by atoms with Crippen LogP contribution in [-0.2, 0) is 4.74 Å². The standard InChI is InChI=1S/C23H25N3O/c1-15(2)14-27-23(16-6-4-3-5-7-16)21-12-17(24)8-10-19(21)20-11-9-18(25)13-22(20)26/h3-13,15,26H,14,24-25H2,1-2H3/p+1/b20-19-,23-21-,26-22?. The third kappa shape index (κ3) is 4.29. The molecule has 3 rings (SSSR count). The molecule has 1 aliphatic rings. The Balaban J connectivity index is 2.37. The number of allylic oxidation sites excluding steroid dienone is 3. The van der Waals surface area contributed by atoms with E-state index in [1.54, 1.807) is 6.08 Å². The molecule has 0 spiro atoms. The second-order valence-electron chi connectivity index (χ2n) is 7.05. The maximum absolute atomic E-state index is 6.26. The van der Waals surface area contributed by atoms with Crippen LogP contribution in [0.15, 0.2) is 72.5 Å². The maximum Gasteiger partial charge on any atom is 0.206 e. The first-order valence-electron chi connectivity index (χ1n) is 9.06. The van der Waals surface area contributed by atoms with Gasteiger partial charge in [0, 0.05) is 28.2 Å². The van der Waals surface area contributed by atoms with E-state index < -0.39 is 0 Å². The summed E-state index contributed by atoms with van der Waals surface area (Å²) in [5.41, 5.74) is 15.8. The van der Waals surface area contributed by atoms with E-state index in [2.05, 4.69) is 13.8 Å². The van der Waals surface area contributed by atoms with Crippen molar-refractivity contribution in [2.75, 3.05) is 12.3 Å². The highest BCUT2D eigenvalue weighted by molar-refractivity contribution is 6.25. The molecule has 0 bridgehead atoms. The number of benzene rings is 2. The fraction of sp³-hybridized carbons (Fsp3) is 0.174. The van der Waals surface area contributed by atoms with Gasteiger partial charge in [-0.05, 0) is 35.4 Å². The van der Waals surface area contributed by atoms with Crippen LogP contribution in [0.25, 0.3) is 11.3 Å². The second-order valence-corrected chi connectivity index (χ2v) is 7.05. The third-order valence-electron chi connectivity index (χ3n) is 4.25. The topological polar surface area (TPSA) is 86.9 Å². The molecule has 0 aliphatic heterocycles. The Labute approximate surface area is 159 Å². The molecule has 4 nitrogen and oxygen atoms in total. The van der Waals surface area contributed by atoms with Crippen LogP contribution in [0.5, 0.6) is 0 Å². The van der Waals surface area contributed by atoms with Gasteiger partial charge in [-0.3, -0.25) is 5.41 Å². The van der Waals surface area contributed by atoms with Gasteiger partial charge in [0.15, 0.2) is 0 Å². The van der Waals surface area contributed by atoms with Gasteiger partial charge < -0.3 is 16.2 Å². The van der Waals surface area contributed by atoms with Crippen LogP contribution in [0.4, 0.5) is 5.69 Å². The third-order valence-corrected chi connectivity index (χ3v) is 4.25. The number of hydrogen-bond acceptors (Lipinski definition) is 3. The Kier molecular flexibility index (Phi) is 5.46. The van der Waals surface area contributed by atoms with Gasteiger partial charge in [-0.2, -0.15) is 0 Å². The predicted molar refractivity (Wildman–Crippen MR) is 112 cm³/mol. The van der Waals surface area contributed by atoms with Gasteiger partial charge in [-0.25, -0.2) is 0 Å². The van der Waals surface area contributed by atoms with E-state index >= 15 is 0 Å². The molecule has 0 saturated carbocycles. The van der Waals surface area contributed by atoms with Gasteiger partial charge in [-0.1, -0.05) is 50.2 Å². The Morgan fingerprint density at radius 3 is 2.44 bits per heavy atom. The van der Waals surface area contributed by atoms with E-state index in [-0.39, 0.29) is 0 Å². The van der Waals surface area contributed by atoms with Crippen LogP contribution in [0.3, 0.4) is 0 Å². The number of nitrogens with two attached hydrogens (primary N) is 3. The molecule has 0 fully saturated rings. The summed E-state index contributed by atoms with van der Waals surface area (Å²) in [7, 11) is 0. The highest BCUT2D eigenvalue weighted by atomic mass is 16.5. The van der Waals surface area contributed by atoms with Crippen molar-refractivity contribution in [3.05, 3.63) is 88.5 Å². The summed E-state index contributed by atoms with van der Waals surface area (Å²) in [6, 6.07) is 15.8. The van der Waals surface area contributed by atoms with Crippen molar-refractivity contribution in [3.63, 3.8) is 0 Å². The lowest BCUT2D eigenvalue weighted by molar-refractivity contribution is -0.109. The number of anilines is 1. The lowest BCUT2D eigenvalue weighted by atomic mass is 9.98. The Bertz CT molecular complexity index is 1030. The predicted octanol–water partition coefficient (Wildman–Crippen LogP) is 0.861. The largest absolute Gasteiger partial charge is 0.492 e. The van der Waals surface area contributed by atoms with E-state index in [9.17, 15) is 0 Å². The molecule has 0 unspecified atom stereocenters. The Morgan fingerprint density at radius 1 is 1.04 bits per heavy atom. The molecular formula is C23H26N3O+. The monoisotopic (exact) mass is 360 g/mol. The van der Waals surface area contributed by atoms with Crippen molar-refractivity contribution < 1.29 is 10.1 Å². The van der Waals surface area contributed by atoms with Crippen molar-refractivity contribution >= 4 is 22.7 Å². The summed E-state index contributed by atoms with van der Waals surface area (Å²) in [6.45, 7) is 4.86. The zero-order valence-electron chi connectivity index (χ0n) is 15.8. The minimum atomic E-state index is 0.398. The van der Waals surface area contributed by atoms with Crippen molar-refractivity contribution in [3.8, 4) is 0 Å². The molecule has 4 heteroatoms. The normalized spacial score (nSPS) is 17.0. The zero-order valence-corrected chi connectivity index (χ0v) is 15.8. The number of ether oxygens (including phenoxy) is 1.